The van der Waals surface area contributed by atoms with E-state index in [1.165, 1.54) is 37.4 Å². The molecule has 2 fully saturated rings. The van der Waals surface area contributed by atoms with Crippen LogP contribution in [0.15, 0.2) is 0 Å². The number of rotatable bonds is 3. The molecule has 1 heteroatoms. The average molecular weight is 259 g/mol. The summed E-state index contributed by atoms with van der Waals surface area (Å²) in [5.74, 6) is 5.18. The topological polar surface area (TPSA) is 0 Å². The first kappa shape index (κ1) is 11.0. The molecule has 0 aromatic heterocycles. The Kier molecular flexibility index (Phi) is 3.57. The Morgan fingerprint density at radius 2 is 1.79 bits per heavy atom. The molecule has 2 rings (SSSR count). The van der Waals surface area contributed by atoms with Crippen LogP contribution < -0.4 is 0 Å². The van der Waals surface area contributed by atoms with E-state index in [1.807, 2.05) is 0 Å². The summed E-state index contributed by atoms with van der Waals surface area (Å²) >= 11 is 3.62. The van der Waals surface area contributed by atoms with Gasteiger partial charge in [-0.25, -0.2) is 0 Å². The van der Waals surface area contributed by atoms with E-state index in [4.69, 9.17) is 0 Å². The van der Waals surface area contributed by atoms with Crippen LogP contribution in [0.2, 0.25) is 0 Å². The van der Waals surface area contributed by atoms with Crippen LogP contribution in [0.5, 0.6) is 0 Å². The van der Waals surface area contributed by atoms with Crippen molar-refractivity contribution in [1.29, 1.82) is 0 Å². The van der Waals surface area contributed by atoms with Gasteiger partial charge in [-0.3, -0.25) is 0 Å². The molecule has 14 heavy (non-hydrogen) atoms. The largest absolute Gasteiger partial charge is 0.0925 e. The third kappa shape index (κ3) is 2.35. The molecule has 2 aliphatic rings. The number of alkyl halides is 1. The lowest BCUT2D eigenvalue weighted by molar-refractivity contribution is 0.205. The number of hydrogen-bond donors (Lipinski definition) is 0. The molecule has 0 aromatic carbocycles. The maximum atomic E-state index is 3.62. The molecule has 2 saturated carbocycles. The van der Waals surface area contributed by atoms with Crippen LogP contribution in [-0.4, -0.2) is 5.33 Å². The Bertz CT molecular complexity index is 180. The standard InChI is InChI=1S/C13H23Br/c1-9(2)10-3-5-11(6-4-10)13-7-12(13)8-14/h9-13H,3-8H2,1-2H3. The van der Waals surface area contributed by atoms with E-state index in [1.54, 1.807) is 0 Å². The van der Waals surface area contributed by atoms with Crippen molar-refractivity contribution in [3.8, 4) is 0 Å². The Hall–Kier alpha value is 0.480. The van der Waals surface area contributed by atoms with Crippen LogP contribution in [-0.2, 0) is 0 Å². The fourth-order valence-electron chi connectivity index (χ4n) is 3.27. The van der Waals surface area contributed by atoms with Crippen molar-refractivity contribution < 1.29 is 0 Å². The Balaban J connectivity index is 1.74. The molecule has 0 aromatic rings. The molecular weight excluding hydrogens is 236 g/mol. The van der Waals surface area contributed by atoms with Gasteiger partial charge in [0.05, 0.1) is 0 Å². The van der Waals surface area contributed by atoms with Crippen molar-refractivity contribution in [3.63, 3.8) is 0 Å². The minimum Gasteiger partial charge on any atom is -0.0925 e. The Morgan fingerprint density at radius 1 is 1.14 bits per heavy atom. The van der Waals surface area contributed by atoms with Gasteiger partial charge < -0.3 is 0 Å². The van der Waals surface area contributed by atoms with Crippen LogP contribution in [0, 0.1) is 29.6 Å². The van der Waals surface area contributed by atoms with Gasteiger partial charge in [-0.2, -0.15) is 0 Å². The zero-order valence-corrected chi connectivity index (χ0v) is 11.1. The lowest BCUT2D eigenvalue weighted by Crippen LogP contribution is -2.20. The fraction of sp³-hybridized carbons (Fsp3) is 1.00. The normalized spacial score (nSPS) is 42.9. The first-order chi connectivity index (χ1) is 6.72. The minimum atomic E-state index is 0.919. The highest BCUT2D eigenvalue weighted by Gasteiger charge is 2.42. The van der Waals surface area contributed by atoms with Gasteiger partial charge in [-0.15, -0.1) is 0 Å². The summed E-state index contributed by atoms with van der Waals surface area (Å²) in [6.07, 6.45) is 7.58. The number of halogens is 1. The molecule has 0 spiro atoms. The SMILES string of the molecule is CC(C)C1CCC(C2CC2CBr)CC1. The lowest BCUT2D eigenvalue weighted by Gasteiger charge is -2.31. The Labute approximate surface area is 97.0 Å². The van der Waals surface area contributed by atoms with Gasteiger partial charge in [-0.1, -0.05) is 29.8 Å². The van der Waals surface area contributed by atoms with E-state index in [2.05, 4.69) is 29.8 Å². The zero-order valence-electron chi connectivity index (χ0n) is 9.51. The lowest BCUT2D eigenvalue weighted by atomic mass is 9.75. The summed E-state index contributed by atoms with van der Waals surface area (Å²) in [5, 5.41) is 1.25. The molecule has 0 bridgehead atoms. The summed E-state index contributed by atoms with van der Waals surface area (Å²) in [5.41, 5.74) is 0. The van der Waals surface area contributed by atoms with Crippen molar-refractivity contribution in [2.45, 2.75) is 46.0 Å². The fourth-order valence-corrected chi connectivity index (χ4v) is 4.01. The number of hydrogen-bond acceptors (Lipinski definition) is 0. The van der Waals surface area contributed by atoms with Gasteiger partial charge in [0.25, 0.3) is 0 Å². The summed E-state index contributed by atoms with van der Waals surface area (Å²) in [7, 11) is 0. The van der Waals surface area contributed by atoms with Gasteiger partial charge in [-0.05, 0) is 61.7 Å². The summed E-state index contributed by atoms with van der Waals surface area (Å²) in [6, 6.07) is 0. The summed E-state index contributed by atoms with van der Waals surface area (Å²) in [4.78, 5) is 0. The van der Waals surface area contributed by atoms with Gasteiger partial charge in [0, 0.05) is 5.33 Å². The van der Waals surface area contributed by atoms with Crippen molar-refractivity contribution in [2.24, 2.45) is 29.6 Å². The highest BCUT2D eigenvalue weighted by atomic mass is 79.9. The molecule has 0 heterocycles. The molecule has 2 unspecified atom stereocenters. The Morgan fingerprint density at radius 3 is 2.21 bits per heavy atom. The van der Waals surface area contributed by atoms with Crippen molar-refractivity contribution in [1.82, 2.24) is 0 Å². The van der Waals surface area contributed by atoms with Gasteiger partial charge in [0.15, 0.2) is 0 Å². The third-order valence-electron chi connectivity index (χ3n) is 4.54. The van der Waals surface area contributed by atoms with Crippen LogP contribution in [0.3, 0.4) is 0 Å². The van der Waals surface area contributed by atoms with E-state index in [0.717, 1.165) is 29.6 Å². The highest BCUT2D eigenvalue weighted by Crippen LogP contribution is 2.51. The molecule has 0 radical (unpaired) electrons. The predicted molar refractivity (Wildman–Crippen MR) is 65.7 cm³/mol. The second kappa shape index (κ2) is 4.55. The van der Waals surface area contributed by atoms with Crippen LogP contribution in [0.1, 0.15) is 46.0 Å². The van der Waals surface area contributed by atoms with Crippen molar-refractivity contribution in [3.05, 3.63) is 0 Å². The molecule has 0 amide bonds. The first-order valence-corrected chi connectivity index (χ1v) is 7.40. The van der Waals surface area contributed by atoms with Crippen LogP contribution in [0.4, 0.5) is 0 Å². The van der Waals surface area contributed by atoms with E-state index >= 15 is 0 Å². The van der Waals surface area contributed by atoms with Crippen LogP contribution in [0.25, 0.3) is 0 Å². The zero-order chi connectivity index (χ0) is 10.1. The minimum absolute atomic E-state index is 0.919. The molecule has 0 aliphatic heterocycles. The van der Waals surface area contributed by atoms with E-state index in [0.29, 0.717) is 0 Å². The highest BCUT2D eigenvalue weighted by molar-refractivity contribution is 9.09. The molecule has 0 saturated heterocycles. The van der Waals surface area contributed by atoms with Crippen molar-refractivity contribution >= 4 is 15.9 Å². The van der Waals surface area contributed by atoms with Crippen molar-refractivity contribution in [2.75, 3.05) is 5.33 Å². The molecule has 0 N–H and O–H groups in total. The second-order valence-corrected chi connectivity index (χ2v) is 6.38. The summed E-state index contributed by atoms with van der Waals surface area (Å²) in [6.45, 7) is 4.78. The quantitative estimate of drug-likeness (QED) is 0.655. The molecular formula is C13H23Br. The monoisotopic (exact) mass is 258 g/mol. The van der Waals surface area contributed by atoms with E-state index in [-0.39, 0.29) is 0 Å². The maximum absolute atomic E-state index is 3.62. The molecule has 2 aliphatic carbocycles. The second-order valence-electron chi connectivity index (χ2n) is 5.73. The predicted octanol–water partition coefficient (Wildman–Crippen LogP) is 4.48. The molecule has 82 valence electrons. The van der Waals surface area contributed by atoms with Gasteiger partial charge in [0.2, 0.25) is 0 Å². The van der Waals surface area contributed by atoms with E-state index in [9.17, 15) is 0 Å². The average Bonchev–Trinajstić information content (AvgIpc) is 2.97. The molecule has 2 atom stereocenters. The molecule has 0 nitrogen and oxygen atoms in total. The first-order valence-electron chi connectivity index (χ1n) is 6.28. The van der Waals surface area contributed by atoms with Gasteiger partial charge >= 0.3 is 0 Å². The van der Waals surface area contributed by atoms with Gasteiger partial charge in [0.1, 0.15) is 0 Å². The maximum Gasteiger partial charge on any atom is 0.00625 e. The third-order valence-corrected chi connectivity index (χ3v) is 5.37. The smallest absolute Gasteiger partial charge is 0.00625 e. The van der Waals surface area contributed by atoms with E-state index < -0.39 is 0 Å². The summed E-state index contributed by atoms with van der Waals surface area (Å²) < 4.78 is 0. The van der Waals surface area contributed by atoms with Crippen LogP contribution >= 0.6 is 15.9 Å².